The molecule has 1 unspecified atom stereocenters. The minimum Gasteiger partial charge on any atom is -0.380 e. The number of aliphatic hydroxyl groups is 2. The maximum atomic E-state index is 12.4. The van der Waals surface area contributed by atoms with E-state index in [0.29, 0.717) is 22.7 Å². The van der Waals surface area contributed by atoms with E-state index >= 15 is 0 Å². The molecule has 6 heteroatoms. The fourth-order valence-corrected chi connectivity index (χ4v) is 5.03. The zero-order chi connectivity index (χ0) is 25.4. The highest BCUT2D eigenvalue weighted by Gasteiger charge is 2.55. The summed E-state index contributed by atoms with van der Waals surface area (Å²) in [6.45, 7) is 11.4. The molecular formula is C29H34N4O2. The van der Waals surface area contributed by atoms with Crippen LogP contribution in [-0.4, -0.2) is 50.2 Å². The molecular weight excluding hydrogens is 436 g/mol. The van der Waals surface area contributed by atoms with Gasteiger partial charge in [0.05, 0.1) is 5.69 Å². The molecule has 35 heavy (non-hydrogen) atoms. The van der Waals surface area contributed by atoms with Gasteiger partial charge in [0.2, 0.25) is 0 Å². The Morgan fingerprint density at radius 2 is 1.71 bits per heavy atom. The summed E-state index contributed by atoms with van der Waals surface area (Å²) in [6, 6.07) is 11.8. The molecule has 1 fully saturated rings. The molecule has 0 spiro atoms. The first-order valence-electron chi connectivity index (χ1n) is 12.0. The Balaban J connectivity index is 1.75. The zero-order valence-electron chi connectivity index (χ0n) is 21.4. The number of nitrogens with zero attached hydrogens (tertiary/aromatic N) is 4. The Morgan fingerprint density at radius 1 is 1.03 bits per heavy atom. The smallest absolute Gasteiger partial charge is 0.165 e. The number of pyridine rings is 1. The molecule has 2 atom stereocenters. The largest absolute Gasteiger partial charge is 0.380 e. The first-order valence-corrected chi connectivity index (χ1v) is 12.0. The van der Waals surface area contributed by atoms with Crippen molar-refractivity contribution in [2.75, 3.05) is 20.1 Å². The van der Waals surface area contributed by atoms with E-state index in [4.69, 9.17) is 0 Å². The van der Waals surface area contributed by atoms with E-state index in [-0.39, 0.29) is 0 Å². The molecule has 1 aliphatic heterocycles. The molecule has 3 aromatic rings. The minimum atomic E-state index is -1.45. The fraction of sp³-hybridized carbons (Fsp3) is 0.414. The van der Waals surface area contributed by atoms with Crippen LogP contribution in [0.2, 0.25) is 0 Å². The molecule has 0 aliphatic carbocycles. The third-order valence-corrected chi connectivity index (χ3v) is 7.02. The third-order valence-electron chi connectivity index (χ3n) is 7.02. The van der Waals surface area contributed by atoms with Crippen LogP contribution in [0.1, 0.15) is 67.3 Å². The van der Waals surface area contributed by atoms with Crippen molar-refractivity contribution < 1.29 is 10.2 Å². The van der Waals surface area contributed by atoms with Gasteiger partial charge >= 0.3 is 0 Å². The second-order valence-corrected chi connectivity index (χ2v) is 10.5. The molecule has 0 saturated carbocycles. The van der Waals surface area contributed by atoms with Crippen LogP contribution in [0.5, 0.6) is 0 Å². The number of hydrogen-bond donors (Lipinski definition) is 2. The fourth-order valence-electron chi connectivity index (χ4n) is 5.03. The maximum absolute atomic E-state index is 12.4. The lowest BCUT2D eigenvalue weighted by molar-refractivity contribution is -0.127. The molecule has 0 bridgehead atoms. The molecule has 1 aromatic carbocycles. The van der Waals surface area contributed by atoms with Crippen molar-refractivity contribution in [2.45, 2.75) is 51.7 Å². The summed E-state index contributed by atoms with van der Waals surface area (Å²) >= 11 is 0. The summed E-state index contributed by atoms with van der Waals surface area (Å²) in [6.07, 6.45) is 4.79. The zero-order valence-corrected chi connectivity index (χ0v) is 21.4. The van der Waals surface area contributed by atoms with Crippen molar-refractivity contribution >= 4 is 0 Å². The number of aryl methyl sites for hydroxylation is 1. The van der Waals surface area contributed by atoms with Gasteiger partial charge in [-0.25, -0.2) is 9.97 Å². The van der Waals surface area contributed by atoms with Crippen molar-refractivity contribution in [3.05, 3.63) is 88.8 Å². The molecule has 182 valence electrons. The van der Waals surface area contributed by atoms with Gasteiger partial charge in [-0.3, -0.25) is 4.98 Å². The third kappa shape index (κ3) is 4.72. The van der Waals surface area contributed by atoms with E-state index in [1.165, 1.54) is 11.9 Å². The van der Waals surface area contributed by atoms with E-state index in [9.17, 15) is 10.2 Å². The van der Waals surface area contributed by atoms with E-state index in [0.717, 1.165) is 24.3 Å². The number of aromatic nitrogens is 3. The highest BCUT2D eigenvalue weighted by Crippen LogP contribution is 2.50. The van der Waals surface area contributed by atoms with Crippen molar-refractivity contribution in [2.24, 2.45) is 5.41 Å². The second kappa shape index (κ2) is 9.16. The van der Waals surface area contributed by atoms with Crippen LogP contribution in [0.3, 0.4) is 0 Å². The Morgan fingerprint density at radius 3 is 2.31 bits per heavy atom. The second-order valence-electron chi connectivity index (χ2n) is 10.5. The molecule has 2 aromatic heterocycles. The van der Waals surface area contributed by atoms with Crippen LogP contribution in [-0.2, 0) is 11.2 Å². The van der Waals surface area contributed by atoms with Crippen molar-refractivity contribution in [1.82, 2.24) is 19.9 Å². The van der Waals surface area contributed by atoms with Crippen LogP contribution in [0.4, 0.5) is 0 Å². The van der Waals surface area contributed by atoms with Crippen LogP contribution in [0.25, 0.3) is 0 Å². The van der Waals surface area contributed by atoms with Crippen LogP contribution in [0.15, 0.2) is 55.1 Å². The highest BCUT2D eigenvalue weighted by atomic mass is 16.3. The number of benzene rings is 1. The summed E-state index contributed by atoms with van der Waals surface area (Å²) in [7, 11) is 2.06. The summed E-state index contributed by atoms with van der Waals surface area (Å²) in [5, 5.41) is 23.3. The number of rotatable bonds is 5. The summed E-state index contributed by atoms with van der Waals surface area (Å²) in [5.74, 6) is 6.37. The average Bonchev–Trinajstić information content (AvgIpc) is 2.81. The van der Waals surface area contributed by atoms with Gasteiger partial charge in [0.25, 0.3) is 0 Å². The van der Waals surface area contributed by atoms with Gasteiger partial charge in [-0.2, -0.15) is 0 Å². The van der Waals surface area contributed by atoms with E-state index in [2.05, 4.69) is 71.6 Å². The van der Waals surface area contributed by atoms with Gasteiger partial charge in [0, 0.05) is 47.7 Å². The Labute approximate surface area is 208 Å². The van der Waals surface area contributed by atoms with Gasteiger partial charge in [-0.1, -0.05) is 56.9 Å². The van der Waals surface area contributed by atoms with Crippen LogP contribution < -0.4 is 0 Å². The lowest BCUT2D eigenvalue weighted by Crippen LogP contribution is -2.63. The molecule has 1 saturated heterocycles. The first-order chi connectivity index (χ1) is 16.4. The van der Waals surface area contributed by atoms with Gasteiger partial charge in [-0.05, 0) is 50.1 Å². The average molecular weight is 471 g/mol. The van der Waals surface area contributed by atoms with Crippen LogP contribution >= 0.6 is 0 Å². The topological polar surface area (TPSA) is 82.4 Å². The molecule has 0 radical (unpaired) electrons. The predicted octanol–water partition coefficient (Wildman–Crippen LogP) is 3.75. The lowest BCUT2D eigenvalue weighted by Gasteiger charge is -2.55. The normalized spacial score (nSPS) is 18.7. The minimum absolute atomic E-state index is 0.390. The molecule has 6 nitrogen and oxygen atoms in total. The quantitative estimate of drug-likeness (QED) is 0.553. The first kappa shape index (κ1) is 25.0. The lowest BCUT2D eigenvalue weighted by atomic mass is 9.62. The standard InChI is InChI=1S/C29H34N4O2/c1-20(2)23-7-9-24(10-8-23)29(35,27(4)17-33(6)18-27)25-14-22(15-30-16-25)11-12-28(5,34)26-13-21(3)31-19-32-26/h7-10,13-16,19-20,34-35H,17-18H2,1-6H3/t28?,29-/m0/s1. The Kier molecular flexibility index (Phi) is 6.54. The number of likely N-dealkylation sites (tertiary alicyclic amines) is 1. The van der Waals surface area contributed by atoms with Gasteiger partial charge < -0.3 is 15.1 Å². The van der Waals surface area contributed by atoms with E-state index < -0.39 is 16.6 Å². The molecule has 3 heterocycles. The van der Waals surface area contributed by atoms with Gasteiger partial charge in [-0.15, -0.1) is 0 Å². The molecule has 4 rings (SSSR count). The molecule has 1 aliphatic rings. The predicted molar refractivity (Wildman–Crippen MR) is 137 cm³/mol. The van der Waals surface area contributed by atoms with E-state index in [1.54, 1.807) is 25.4 Å². The van der Waals surface area contributed by atoms with E-state index in [1.807, 2.05) is 25.1 Å². The summed E-state index contributed by atoms with van der Waals surface area (Å²) < 4.78 is 0. The van der Waals surface area contributed by atoms with Crippen molar-refractivity contribution in [3.63, 3.8) is 0 Å². The monoisotopic (exact) mass is 470 g/mol. The summed E-state index contributed by atoms with van der Waals surface area (Å²) in [4.78, 5) is 14.9. The summed E-state index contributed by atoms with van der Waals surface area (Å²) in [5.41, 5.74) is 1.48. The maximum Gasteiger partial charge on any atom is 0.165 e. The molecule has 0 amide bonds. The van der Waals surface area contributed by atoms with Gasteiger partial charge in [0.1, 0.15) is 11.9 Å². The Hall–Kier alpha value is -3.11. The van der Waals surface area contributed by atoms with Crippen molar-refractivity contribution in [1.29, 1.82) is 0 Å². The Bertz CT molecular complexity index is 1270. The van der Waals surface area contributed by atoms with Crippen LogP contribution in [0, 0.1) is 24.2 Å². The SMILES string of the molecule is Cc1cc(C(C)(O)C#Cc2cncc([C@@](O)(c3ccc(C(C)C)cc3)C3(C)CN(C)C3)c2)ncn1. The van der Waals surface area contributed by atoms with Gasteiger partial charge in [0.15, 0.2) is 5.60 Å². The van der Waals surface area contributed by atoms with Crippen molar-refractivity contribution in [3.8, 4) is 11.8 Å². The molecule has 2 N–H and O–H groups in total. The number of hydrogen-bond acceptors (Lipinski definition) is 6. The highest BCUT2D eigenvalue weighted by molar-refractivity contribution is 5.45.